The topological polar surface area (TPSA) is 39.1 Å². The van der Waals surface area contributed by atoms with E-state index < -0.39 is 14.3 Å². The molecule has 16 heavy (non-hydrogen) atoms. The molecule has 1 aromatic heterocycles. The molecule has 2 aromatic rings. The predicted molar refractivity (Wildman–Crippen MR) is 66.1 cm³/mol. The number of hydrogen-bond acceptors (Lipinski definition) is 2. The minimum Gasteiger partial charge on any atom is -0.350 e. The van der Waals surface area contributed by atoms with Crippen molar-refractivity contribution in [2.45, 2.75) is 12.2 Å². The van der Waals surface area contributed by atoms with Crippen LogP contribution in [-0.2, 0) is 16.1 Å². The second-order valence-corrected chi connectivity index (χ2v) is 6.78. The van der Waals surface area contributed by atoms with Gasteiger partial charge in [0.05, 0.1) is 0 Å². The Morgan fingerprint density at radius 2 is 1.94 bits per heavy atom. The van der Waals surface area contributed by atoms with E-state index in [4.69, 9.17) is 10.7 Å². The van der Waals surface area contributed by atoms with E-state index in [1.54, 1.807) is 6.92 Å². The highest BCUT2D eigenvalue weighted by Crippen LogP contribution is 2.32. The van der Waals surface area contributed by atoms with Gasteiger partial charge in [-0.1, -0.05) is 18.2 Å². The highest BCUT2D eigenvalue weighted by atomic mass is 35.7. The number of halogens is 1. The maximum absolute atomic E-state index is 11.3. The SMILES string of the molecule is CC(c1cn(C)c2ccccc12)S(=O)(=O)Cl. The van der Waals surface area contributed by atoms with E-state index in [1.165, 1.54) is 0 Å². The lowest BCUT2D eigenvalue weighted by Crippen LogP contribution is -2.02. The highest BCUT2D eigenvalue weighted by Gasteiger charge is 2.23. The summed E-state index contributed by atoms with van der Waals surface area (Å²) in [6.45, 7) is 1.60. The largest absolute Gasteiger partial charge is 0.350 e. The third-order valence-corrected chi connectivity index (χ3v) is 4.69. The summed E-state index contributed by atoms with van der Waals surface area (Å²) in [5, 5.41) is 0.238. The number of aromatic nitrogens is 1. The molecule has 0 aliphatic rings. The Morgan fingerprint density at radius 3 is 2.56 bits per heavy atom. The van der Waals surface area contributed by atoms with Crippen LogP contribution in [0.25, 0.3) is 10.9 Å². The van der Waals surface area contributed by atoms with Crippen molar-refractivity contribution < 1.29 is 8.42 Å². The van der Waals surface area contributed by atoms with Gasteiger partial charge in [0.1, 0.15) is 5.25 Å². The summed E-state index contributed by atoms with van der Waals surface area (Å²) < 4.78 is 24.6. The molecule has 0 N–H and O–H groups in total. The monoisotopic (exact) mass is 257 g/mol. The van der Waals surface area contributed by atoms with Gasteiger partial charge >= 0.3 is 0 Å². The van der Waals surface area contributed by atoms with Crippen molar-refractivity contribution in [3.05, 3.63) is 36.0 Å². The Morgan fingerprint density at radius 1 is 1.31 bits per heavy atom. The molecule has 0 saturated carbocycles. The molecule has 1 unspecified atom stereocenters. The quantitative estimate of drug-likeness (QED) is 0.776. The first kappa shape index (κ1) is 11.5. The zero-order chi connectivity index (χ0) is 11.9. The van der Waals surface area contributed by atoms with E-state index in [2.05, 4.69) is 0 Å². The second-order valence-electron chi connectivity index (χ2n) is 3.83. The zero-order valence-electron chi connectivity index (χ0n) is 9.01. The van der Waals surface area contributed by atoms with E-state index in [0.29, 0.717) is 0 Å². The van der Waals surface area contributed by atoms with Crippen LogP contribution in [0.15, 0.2) is 30.5 Å². The Kier molecular flexibility index (Phi) is 2.72. The number of benzene rings is 1. The van der Waals surface area contributed by atoms with Gasteiger partial charge in [0, 0.05) is 34.8 Å². The van der Waals surface area contributed by atoms with Gasteiger partial charge in [0.15, 0.2) is 0 Å². The predicted octanol–water partition coefficient (Wildman–Crippen LogP) is 2.81. The molecule has 86 valence electrons. The average Bonchev–Trinajstić information content (AvgIpc) is 2.55. The number of rotatable bonds is 2. The van der Waals surface area contributed by atoms with Gasteiger partial charge < -0.3 is 4.57 Å². The number of para-hydroxylation sites is 1. The second kappa shape index (κ2) is 3.79. The van der Waals surface area contributed by atoms with E-state index in [-0.39, 0.29) is 0 Å². The minimum atomic E-state index is -3.58. The van der Waals surface area contributed by atoms with E-state index >= 15 is 0 Å². The van der Waals surface area contributed by atoms with Crippen LogP contribution in [0.1, 0.15) is 17.7 Å². The molecule has 1 atom stereocenters. The Hall–Kier alpha value is -1.00. The number of hydrogen-bond donors (Lipinski definition) is 0. The Balaban J connectivity index is 2.71. The standard InChI is InChI=1S/C11H12ClNO2S/c1-8(16(12,14)15)10-7-13(2)11-6-4-3-5-9(10)11/h3-8H,1-2H3. The molecule has 0 bridgehead atoms. The first-order valence-corrected chi connectivity index (χ1v) is 7.26. The lowest BCUT2D eigenvalue weighted by molar-refractivity contribution is 0.600. The molecule has 0 saturated heterocycles. The van der Waals surface area contributed by atoms with Crippen LogP contribution in [0.2, 0.25) is 0 Å². The van der Waals surface area contributed by atoms with Crippen LogP contribution in [-0.4, -0.2) is 13.0 Å². The number of fused-ring (bicyclic) bond motifs is 1. The molecule has 0 radical (unpaired) electrons. The first-order chi connectivity index (χ1) is 7.41. The van der Waals surface area contributed by atoms with E-state index in [0.717, 1.165) is 16.5 Å². The molecular formula is C11H12ClNO2S. The molecular weight excluding hydrogens is 246 g/mol. The summed E-state index contributed by atoms with van der Waals surface area (Å²) in [4.78, 5) is 0. The molecule has 0 aliphatic carbocycles. The fourth-order valence-corrected chi connectivity index (χ4v) is 2.63. The molecule has 1 heterocycles. The lowest BCUT2D eigenvalue weighted by Gasteiger charge is -2.05. The summed E-state index contributed by atoms with van der Waals surface area (Å²) in [6, 6.07) is 7.67. The van der Waals surface area contributed by atoms with Crippen molar-refractivity contribution in [1.29, 1.82) is 0 Å². The van der Waals surface area contributed by atoms with Gasteiger partial charge in [-0.05, 0) is 18.6 Å². The lowest BCUT2D eigenvalue weighted by atomic mass is 10.1. The van der Waals surface area contributed by atoms with Gasteiger partial charge in [-0.2, -0.15) is 0 Å². The maximum Gasteiger partial charge on any atom is 0.239 e. The fraction of sp³-hybridized carbons (Fsp3) is 0.273. The molecule has 3 nitrogen and oxygen atoms in total. The van der Waals surface area contributed by atoms with Crippen LogP contribution < -0.4 is 0 Å². The van der Waals surface area contributed by atoms with Crippen molar-refractivity contribution in [3.63, 3.8) is 0 Å². The smallest absolute Gasteiger partial charge is 0.239 e. The molecule has 0 aliphatic heterocycles. The number of aryl methyl sites for hydroxylation is 1. The van der Waals surface area contributed by atoms with Crippen molar-refractivity contribution in [2.75, 3.05) is 0 Å². The summed E-state index contributed by atoms with van der Waals surface area (Å²) in [6.07, 6.45) is 1.81. The van der Waals surface area contributed by atoms with Crippen molar-refractivity contribution in [3.8, 4) is 0 Å². The summed E-state index contributed by atoms with van der Waals surface area (Å²) in [5.74, 6) is 0. The fourth-order valence-electron chi connectivity index (χ4n) is 1.85. The Labute approximate surface area is 99.1 Å². The van der Waals surface area contributed by atoms with Crippen LogP contribution in [0.5, 0.6) is 0 Å². The summed E-state index contributed by atoms with van der Waals surface area (Å²) in [5.41, 5.74) is 1.75. The van der Waals surface area contributed by atoms with Gasteiger partial charge in [-0.3, -0.25) is 0 Å². The van der Waals surface area contributed by atoms with E-state index in [1.807, 2.05) is 42.1 Å². The first-order valence-electron chi connectivity index (χ1n) is 4.88. The molecule has 2 rings (SSSR count). The van der Waals surface area contributed by atoms with Crippen LogP contribution in [0.3, 0.4) is 0 Å². The van der Waals surface area contributed by atoms with Crippen LogP contribution in [0.4, 0.5) is 0 Å². The van der Waals surface area contributed by atoms with Gasteiger partial charge in [0.25, 0.3) is 0 Å². The van der Waals surface area contributed by atoms with E-state index in [9.17, 15) is 8.42 Å². The van der Waals surface area contributed by atoms with Crippen LogP contribution in [0, 0.1) is 0 Å². The van der Waals surface area contributed by atoms with Crippen molar-refractivity contribution in [1.82, 2.24) is 4.57 Å². The average molecular weight is 258 g/mol. The van der Waals surface area contributed by atoms with Gasteiger partial charge in [-0.25, -0.2) is 8.42 Å². The normalized spacial score (nSPS) is 14.2. The van der Waals surface area contributed by atoms with Crippen LogP contribution >= 0.6 is 10.7 Å². The summed E-state index contributed by atoms with van der Waals surface area (Å²) in [7, 11) is 3.70. The van der Waals surface area contributed by atoms with Gasteiger partial charge in [-0.15, -0.1) is 0 Å². The van der Waals surface area contributed by atoms with Crippen molar-refractivity contribution in [2.24, 2.45) is 7.05 Å². The molecule has 5 heteroatoms. The zero-order valence-corrected chi connectivity index (χ0v) is 10.6. The minimum absolute atomic E-state index is 0.694. The molecule has 0 amide bonds. The molecule has 0 spiro atoms. The van der Waals surface area contributed by atoms with Gasteiger partial charge in [0.2, 0.25) is 9.05 Å². The molecule has 0 fully saturated rings. The van der Waals surface area contributed by atoms with Crippen molar-refractivity contribution >= 4 is 30.6 Å². The summed E-state index contributed by atoms with van der Waals surface area (Å²) >= 11 is 0. The number of nitrogens with zero attached hydrogens (tertiary/aromatic N) is 1. The highest BCUT2D eigenvalue weighted by molar-refractivity contribution is 8.13. The Bertz CT molecular complexity index is 630. The third kappa shape index (κ3) is 1.83. The maximum atomic E-state index is 11.3. The third-order valence-electron chi connectivity index (χ3n) is 2.79. The molecule has 1 aromatic carbocycles.